The molecule has 0 aliphatic carbocycles. The summed E-state index contributed by atoms with van der Waals surface area (Å²) in [7, 11) is 0. The van der Waals surface area contributed by atoms with Gasteiger partial charge in [-0.25, -0.2) is 0 Å². The molecule has 1 aliphatic rings. The van der Waals surface area contributed by atoms with Gasteiger partial charge in [0.25, 0.3) is 0 Å². The highest BCUT2D eigenvalue weighted by Gasteiger charge is 2.44. The van der Waals surface area contributed by atoms with Crippen molar-refractivity contribution >= 4 is 5.91 Å². The van der Waals surface area contributed by atoms with Crippen molar-refractivity contribution in [2.24, 2.45) is 0 Å². The highest BCUT2D eigenvalue weighted by molar-refractivity contribution is 5.80. The Morgan fingerprint density at radius 1 is 0.507 bits per heavy atom. The van der Waals surface area contributed by atoms with Crippen LogP contribution in [-0.4, -0.2) is 98.7 Å². The normalized spacial score (nSPS) is 20.1. The van der Waals surface area contributed by atoms with Crippen molar-refractivity contribution in [3.8, 4) is 0 Å². The Morgan fingerprint density at radius 2 is 0.851 bits per heavy atom. The van der Waals surface area contributed by atoms with E-state index in [4.69, 9.17) is 9.47 Å². The second-order valence-electron chi connectivity index (χ2n) is 20.6. The number of hydrogen-bond acceptors (Lipinski definition) is 9. The third-order valence-corrected chi connectivity index (χ3v) is 14.2. The molecule has 0 aromatic rings. The minimum atomic E-state index is -1.61. The Balaban J connectivity index is 2.21. The smallest absolute Gasteiger partial charge is 0.249 e. The summed E-state index contributed by atoms with van der Waals surface area (Å²) < 4.78 is 11.2. The van der Waals surface area contributed by atoms with E-state index < -0.39 is 61.5 Å². The van der Waals surface area contributed by atoms with Crippen LogP contribution >= 0.6 is 0 Å². The molecule has 8 unspecified atom stereocenters. The molecule has 7 N–H and O–H groups in total. The molecule has 0 radical (unpaired) electrons. The fourth-order valence-electron chi connectivity index (χ4n) is 9.52. The average molecular weight is 955 g/mol. The summed E-state index contributed by atoms with van der Waals surface area (Å²) in [6.45, 7) is 3.65. The fraction of sp³-hybridized carbons (Fsp3) is 0.947. The molecule has 0 aromatic heterocycles. The molecule has 0 bridgehead atoms. The average Bonchev–Trinajstić information content (AvgIpc) is 3.33. The molecule has 0 spiro atoms. The summed E-state index contributed by atoms with van der Waals surface area (Å²) in [6, 6.07) is -0.976. The van der Waals surface area contributed by atoms with E-state index in [1.165, 1.54) is 218 Å². The first-order chi connectivity index (χ1) is 32.8. The lowest BCUT2D eigenvalue weighted by Crippen LogP contribution is -2.60. The number of allylic oxidation sites excluding steroid dienone is 1. The number of rotatable bonds is 50. The molecule has 0 saturated carbocycles. The van der Waals surface area contributed by atoms with E-state index >= 15 is 0 Å². The molecule has 1 fully saturated rings. The Hall–Kier alpha value is -1.11. The zero-order chi connectivity index (χ0) is 48.8. The van der Waals surface area contributed by atoms with E-state index in [9.17, 15) is 35.4 Å². The van der Waals surface area contributed by atoms with Crippen LogP contribution in [0.4, 0.5) is 0 Å². The number of amides is 1. The van der Waals surface area contributed by atoms with Crippen LogP contribution in [0.1, 0.15) is 284 Å². The van der Waals surface area contributed by atoms with E-state index in [1.807, 2.05) is 6.08 Å². The highest BCUT2D eigenvalue weighted by Crippen LogP contribution is 2.23. The monoisotopic (exact) mass is 954 g/mol. The maximum absolute atomic E-state index is 13.1. The Bertz CT molecular complexity index is 1080. The van der Waals surface area contributed by atoms with Gasteiger partial charge in [-0.1, -0.05) is 276 Å². The van der Waals surface area contributed by atoms with Crippen LogP contribution in [0.15, 0.2) is 12.2 Å². The van der Waals surface area contributed by atoms with Gasteiger partial charge in [-0.3, -0.25) is 4.79 Å². The van der Waals surface area contributed by atoms with Crippen molar-refractivity contribution in [2.75, 3.05) is 13.2 Å². The van der Waals surface area contributed by atoms with E-state index in [-0.39, 0.29) is 6.61 Å². The van der Waals surface area contributed by atoms with Crippen LogP contribution in [0.25, 0.3) is 0 Å². The highest BCUT2D eigenvalue weighted by atomic mass is 16.7. The Morgan fingerprint density at radius 3 is 1.21 bits per heavy atom. The summed E-state index contributed by atoms with van der Waals surface area (Å²) >= 11 is 0. The number of ether oxygens (including phenoxy) is 2. The number of hydrogen-bond donors (Lipinski definition) is 7. The van der Waals surface area contributed by atoms with E-state index in [1.54, 1.807) is 6.08 Å². The van der Waals surface area contributed by atoms with Gasteiger partial charge in [0.05, 0.1) is 25.4 Å². The number of unbranched alkanes of at least 4 members (excludes halogenated alkanes) is 39. The van der Waals surface area contributed by atoms with Gasteiger partial charge >= 0.3 is 0 Å². The summed E-state index contributed by atoms with van der Waals surface area (Å²) in [5, 5.41) is 65.0. The zero-order valence-corrected chi connectivity index (χ0v) is 43.8. The summed E-state index contributed by atoms with van der Waals surface area (Å²) in [5.74, 6) is -0.610. The predicted octanol–water partition coefficient (Wildman–Crippen LogP) is 13.0. The first-order valence-electron chi connectivity index (χ1n) is 29.0. The van der Waals surface area contributed by atoms with Gasteiger partial charge in [0.15, 0.2) is 6.29 Å². The number of nitrogens with one attached hydrogen (secondary N) is 1. The quantitative estimate of drug-likeness (QED) is 0.0232. The van der Waals surface area contributed by atoms with Crippen molar-refractivity contribution in [2.45, 2.75) is 332 Å². The molecule has 67 heavy (non-hydrogen) atoms. The van der Waals surface area contributed by atoms with Crippen LogP contribution in [0, 0.1) is 0 Å². The van der Waals surface area contributed by atoms with E-state index in [2.05, 4.69) is 19.2 Å². The zero-order valence-electron chi connectivity index (χ0n) is 43.8. The lowest BCUT2D eigenvalue weighted by atomic mass is 9.99. The van der Waals surface area contributed by atoms with Gasteiger partial charge in [-0.15, -0.1) is 0 Å². The molecule has 1 rings (SSSR count). The van der Waals surface area contributed by atoms with Crippen molar-refractivity contribution in [3.63, 3.8) is 0 Å². The maximum Gasteiger partial charge on any atom is 0.249 e. The minimum Gasteiger partial charge on any atom is -0.394 e. The Labute approximate surface area is 412 Å². The van der Waals surface area contributed by atoms with Crippen molar-refractivity contribution in [1.82, 2.24) is 5.32 Å². The van der Waals surface area contributed by atoms with Crippen molar-refractivity contribution < 1.29 is 44.9 Å². The van der Waals surface area contributed by atoms with Gasteiger partial charge in [0.1, 0.15) is 30.5 Å². The van der Waals surface area contributed by atoms with Crippen molar-refractivity contribution in [1.29, 1.82) is 0 Å². The van der Waals surface area contributed by atoms with Crippen LogP contribution in [0.2, 0.25) is 0 Å². The van der Waals surface area contributed by atoms with Crippen LogP contribution in [0.5, 0.6) is 0 Å². The first-order valence-corrected chi connectivity index (χ1v) is 29.0. The molecule has 398 valence electrons. The maximum atomic E-state index is 13.1. The number of carbonyl (C=O) groups excluding carboxylic acids is 1. The molecule has 1 aliphatic heterocycles. The second kappa shape index (κ2) is 47.2. The minimum absolute atomic E-state index is 0.301. The van der Waals surface area contributed by atoms with E-state index in [0.717, 1.165) is 44.9 Å². The standard InChI is InChI=1S/C57H111NO9/c1-3-5-7-9-11-13-15-17-19-20-21-22-23-24-25-26-27-28-29-30-32-34-36-38-40-42-44-46-51(61)56(65)58-49(48-66-57-55(64)54(63)53(62)52(47-59)67-57)50(60)45-43-41-39-37-35-33-31-18-16-14-12-10-8-6-4-2/h43,45,49-55,57,59-64H,3-42,44,46-48H2,1-2H3,(H,58,65)/b45-43+. The SMILES string of the molecule is CCCCCCCCCCCCCCC/C=C/C(O)C(COC1OC(CO)C(O)C(O)C1O)NC(=O)C(O)CCCCCCCCCCCCCCCCCCCCCCCCCCCCC. The number of aliphatic hydroxyl groups is 6. The van der Waals surface area contributed by atoms with E-state index in [0.29, 0.717) is 6.42 Å². The molecule has 8 atom stereocenters. The molecular weight excluding hydrogens is 843 g/mol. The number of carbonyl (C=O) groups is 1. The second-order valence-corrected chi connectivity index (χ2v) is 20.6. The van der Waals surface area contributed by atoms with Gasteiger partial charge in [-0.2, -0.15) is 0 Å². The van der Waals surface area contributed by atoms with Gasteiger partial charge in [0.2, 0.25) is 5.91 Å². The molecule has 0 aromatic carbocycles. The third-order valence-electron chi connectivity index (χ3n) is 14.2. The van der Waals surface area contributed by atoms with Crippen LogP contribution in [0.3, 0.4) is 0 Å². The molecule has 1 amide bonds. The summed E-state index contributed by atoms with van der Waals surface area (Å²) in [6.07, 6.45) is 47.5. The molecule has 1 saturated heterocycles. The molecule has 1 heterocycles. The predicted molar refractivity (Wildman–Crippen MR) is 278 cm³/mol. The summed E-state index contributed by atoms with van der Waals surface area (Å²) in [5.41, 5.74) is 0. The van der Waals surface area contributed by atoms with Gasteiger partial charge in [0, 0.05) is 0 Å². The lowest BCUT2D eigenvalue weighted by Gasteiger charge is -2.40. The topological polar surface area (TPSA) is 169 Å². The fourth-order valence-corrected chi connectivity index (χ4v) is 9.52. The molecule has 10 heteroatoms. The molecular formula is C57H111NO9. The van der Waals surface area contributed by atoms with Crippen molar-refractivity contribution in [3.05, 3.63) is 12.2 Å². The summed E-state index contributed by atoms with van der Waals surface area (Å²) in [4.78, 5) is 13.1. The first kappa shape index (κ1) is 63.9. The van der Waals surface area contributed by atoms with Crippen LogP contribution in [-0.2, 0) is 14.3 Å². The van der Waals surface area contributed by atoms with Gasteiger partial charge < -0.3 is 45.4 Å². The lowest BCUT2D eigenvalue weighted by molar-refractivity contribution is -0.302. The number of aliphatic hydroxyl groups excluding tert-OH is 6. The van der Waals surface area contributed by atoms with Gasteiger partial charge in [-0.05, 0) is 19.3 Å². The Kier molecular flexibility index (Phi) is 45.0. The van der Waals surface area contributed by atoms with Crippen LogP contribution < -0.4 is 5.32 Å². The third kappa shape index (κ3) is 36.5. The molecule has 10 nitrogen and oxygen atoms in total. The largest absolute Gasteiger partial charge is 0.394 e.